The lowest BCUT2D eigenvalue weighted by atomic mass is 10.2. The summed E-state index contributed by atoms with van der Waals surface area (Å²) in [7, 11) is 0. The van der Waals surface area contributed by atoms with Gasteiger partial charge in [0.25, 0.3) is 5.09 Å². The minimum Gasteiger partial charge on any atom is -0.314 e. The molecule has 0 saturated heterocycles. The monoisotopic (exact) mass is 203 g/mol. The minimum atomic E-state index is -0.822. The van der Waals surface area contributed by atoms with Gasteiger partial charge in [0.15, 0.2) is 5.78 Å². The second kappa shape index (κ2) is 4.27. The van der Waals surface area contributed by atoms with Crippen molar-refractivity contribution >= 4 is 17.5 Å². The van der Waals surface area contributed by atoms with Crippen LogP contribution in [0.5, 0.6) is 0 Å². The van der Waals surface area contributed by atoms with E-state index >= 15 is 0 Å². The van der Waals surface area contributed by atoms with Crippen molar-refractivity contribution < 1.29 is 14.7 Å². The summed E-state index contributed by atoms with van der Waals surface area (Å²) in [5.74, 6) is 0.570. The van der Waals surface area contributed by atoms with Crippen LogP contribution in [0.3, 0.4) is 0 Å². The van der Waals surface area contributed by atoms with Crippen molar-refractivity contribution in [3.8, 4) is 0 Å². The third-order valence-electron chi connectivity index (χ3n) is 1.74. The molecule has 0 atom stereocenters. The Kier molecular flexibility index (Phi) is 3.30. The Hall–Kier alpha value is -1.04. The van der Waals surface area contributed by atoms with E-state index in [1.54, 1.807) is 6.92 Å². The molecule has 0 saturated carbocycles. The van der Waals surface area contributed by atoms with Crippen LogP contribution >= 0.6 is 11.8 Å². The van der Waals surface area contributed by atoms with Crippen molar-refractivity contribution in [1.82, 2.24) is 0 Å². The zero-order chi connectivity index (χ0) is 9.84. The van der Waals surface area contributed by atoms with Crippen molar-refractivity contribution in [2.45, 2.75) is 13.3 Å². The molecule has 13 heavy (non-hydrogen) atoms. The molecule has 0 unspecified atom stereocenters. The fourth-order valence-electron chi connectivity index (χ4n) is 0.997. The Labute approximate surface area is 79.2 Å². The van der Waals surface area contributed by atoms with Gasteiger partial charge >= 0.3 is 0 Å². The van der Waals surface area contributed by atoms with Gasteiger partial charge in [-0.25, -0.2) is 0 Å². The summed E-state index contributed by atoms with van der Waals surface area (Å²) in [5.41, 5.74) is 0.719. The first kappa shape index (κ1) is 10.0. The van der Waals surface area contributed by atoms with E-state index < -0.39 is 5.09 Å². The normalized spacial score (nSPS) is 16.5. The van der Waals surface area contributed by atoms with E-state index in [-0.39, 0.29) is 12.4 Å². The number of nitrogens with zero attached hydrogens (tertiary/aromatic N) is 1. The van der Waals surface area contributed by atoms with E-state index in [1.165, 1.54) is 11.8 Å². The first-order valence-corrected chi connectivity index (χ1v) is 4.73. The van der Waals surface area contributed by atoms with Gasteiger partial charge in [0.05, 0.1) is 5.75 Å². The quantitative estimate of drug-likeness (QED) is 0.506. The molecule has 0 N–H and O–H groups in total. The number of rotatable bonds is 4. The molecular formula is C7H9NO4S. The van der Waals surface area contributed by atoms with Crippen molar-refractivity contribution in [1.29, 1.82) is 0 Å². The topological polar surface area (TPSA) is 69.4 Å². The van der Waals surface area contributed by atoms with Crippen LogP contribution in [0.2, 0.25) is 0 Å². The maximum absolute atomic E-state index is 11.0. The highest BCUT2D eigenvalue weighted by Gasteiger charge is 2.19. The van der Waals surface area contributed by atoms with E-state index in [1.807, 2.05) is 0 Å². The van der Waals surface area contributed by atoms with E-state index in [2.05, 4.69) is 4.84 Å². The number of hydrogen-bond donors (Lipinski definition) is 0. The minimum absolute atomic E-state index is 0.0277. The SMILES string of the molecule is CC1=C(CCO[N+](=O)[O-])SCC1=O. The van der Waals surface area contributed by atoms with Gasteiger partial charge in [-0.2, -0.15) is 0 Å². The first-order chi connectivity index (χ1) is 6.11. The fraction of sp³-hybridized carbons (Fsp3) is 0.571. The molecule has 1 rings (SSSR count). The Morgan fingerprint density at radius 3 is 2.85 bits per heavy atom. The van der Waals surface area contributed by atoms with Gasteiger partial charge in [0, 0.05) is 12.0 Å². The fourth-order valence-corrected chi connectivity index (χ4v) is 2.08. The molecule has 5 nitrogen and oxygen atoms in total. The smallest absolute Gasteiger partial charge is 0.294 e. The number of Topliss-reactive ketones (excluding diaryl/α,β-unsaturated/α-hetero) is 1. The molecule has 0 aromatic rings. The molecule has 1 heterocycles. The van der Waals surface area contributed by atoms with Crippen molar-refractivity contribution in [3.63, 3.8) is 0 Å². The highest BCUT2D eigenvalue weighted by Crippen LogP contribution is 2.30. The molecule has 6 heteroatoms. The number of hydrogen-bond acceptors (Lipinski definition) is 5. The number of carbonyl (C=O) groups excluding carboxylic acids is 1. The average molecular weight is 203 g/mol. The second-order valence-electron chi connectivity index (χ2n) is 2.57. The lowest BCUT2D eigenvalue weighted by Crippen LogP contribution is -2.02. The lowest BCUT2D eigenvalue weighted by Gasteiger charge is -2.00. The van der Waals surface area contributed by atoms with Crippen LogP contribution in [0, 0.1) is 10.1 Å². The second-order valence-corrected chi connectivity index (χ2v) is 3.64. The molecule has 1 aliphatic heterocycles. The maximum Gasteiger partial charge on any atom is 0.294 e. The molecule has 0 amide bonds. The third-order valence-corrected chi connectivity index (χ3v) is 3.01. The Morgan fingerprint density at radius 1 is 1.69 bits per heavy atom. The van der Waals surface area contributed by atoms with Gasteiger partial charge in [0.1, 0.15) is 6.61 Å². The molecule has 0 radical (unpaired) electrons. The Morgan fingerprint density at radius 2 is 2.38 bits per heavy atom. The van der Waals surface area contributed by atoms with Crippen molar-refractivity contribution in [2.75, 3.05) is 12.4 Å². The average Bonchev–Trinajstić information content (AvgIpc) is 2.35. The van der Waals surface area contributed by atoms with Crippen molar-refractivity contribution in [3.05, 3.63) is 20.6 Å². The lowest BCUT2D eigenvalue weighted by molar-refractivity contribution is -0.757. The number of carbonyl (C=O) groups is 1. The molecular weight excluding hydrogens is 194 g/mol. The summed E-state index contributed by atoms with van der Waals surface area (Å²) in [6.07, 6.45) is 0.448. The number of allylic oxidation sites excluding steroid dienone is 1. The van der Waals surface area contributed by atoms with E-state index in [4.69, 9.17) is 0 Å². The van der Waals surface area contributed by atoms with Gasteiger partial charge in [-0.15, -0.1) is 21.9 Å². The van der Waals surface area contributed by atoms with Crippen LogP contribution in [0.1, 0.15) is 13.3 Å². The van der Waals surface area contributed by atoms with Gasteiger partial charge in [-0.3, -0.25) is 4.79 Å². The predicted molar refractivity (Wildman–Crippen MR) is 47.7 cm³/mol. The van der Waals surface area contributed by atoms with E-state index in [0.717, 1.165) is 10.5 Å². The molecule has 0 fully saturated rings. The molecule has 1 aliphatic rings. The summed E-state index contributed by atoms with van der Waals surface area (Å²) in [6.45, 7) is 1.77. The van der Waals surface area contributed by atoms with Crippen LogP contribution in [-0.4, -0.2) is 23.2 Å². The summed E-state index contributed by atoms with van der Waals surface area (Å²) < 4.78 is 0. The highest BCUT2D eigenvalue weighted by molar-refractivity contribution is 8.04. The summed E-state index contributed by atoms with van der Waals surface area (Å²) >= 11 is 1.44. The largest absolute Gasteiger partial charge is 0.314 e. The molecule has 72 valence electrons. The van der Waals surface area contributed by atoms with Crippen molar-refractivity contribution in [2.24, 2.45) is 0 Å². The summed E-state index contributed by atoms with van der Waals surface area (Å²) in [5, 5.41) is 8.99. The summed E-state index contributed by atoms with van der Waals surface area (Å²) in [6, 6.07) is 0. The van der Waals surface area contributed by atoms with Crippen LogP contribution in [-0.2, 0) is 9.63 Å². The maximum atomic E-state index is 11.0. The summed E-state index contributed by atoms with van der Waals surface area (Å²) in [4.78, 5) is 25.9. The Bertz CT molecular complexity index is 274. The van der Waals surface area contributed by atoms with E-state index in [9.17, 15) is 14.9 Å². The van der Waals surface area contributed by atoms with Crippen LogP contribution in [0.25, 0.3) is 0 Å². The van der Waals surface area contributed by atoms with Crippen LogP contribution in [0.4, 0.5) is 0 Å². The molecule has 0 bridgehead atoms. The predicted octanol–water partition coefficient (Wildman–Crippen LogP) is 1.17. The first-order valence-electron chi connectivity index (χ1n) is 3.74. The van der Waals surface area contributed by atoms with Crippen LogP contribution < -0.4 is 0 Å². The zero-order valence-electron chi connectivity index (χ0n) is 7.11. The molecule has 0 spiro atoms. The standard InChI is InChI=1S/C7H9NO4S/c1-5-6(9)4-13-7(5)2-3-12-8(10)11/h2-4H2,1H3. The van der Waals surface area contributed by atoms with Gasteiger partial charge < -0.3 is 4.84 Å². The molecule has 0 aromatic heterocycles. The molecule has 0 aliphatic carbocycles. The molecule has 0 aromatic carbocycles. The van der Waals surface area contributed by atoms with E-state index in [0.29, 0.717) is 12.2 Å². The van der Waals surface area contributed by atoms with Crippen LogP contribution in [0.15, 0.2) is 10.5 Å². The zero-order valence-corrected chi connectivity index (χ0v) is 7.93. The van der Waals surface area contributed by atoms with Gasteiger partial charge in [0.2, 0.25) is 0 Å². The van der Waals surface area contributed by atoms with Gasteiger partial charge in [-0.1, -0.05) is 0 Å². The number of thioether (sulfide) groups is 1. The third kappa shape index (κ3) is 2.73. The number of ketones is 1. The van der Waals surface area contributed by atoms with Gasteiger partial charge in [-0.05, 0) is 11.8 Å². The Balaban J connectivity index is 2.37. The highest BCUT2D eigenvalue weighted by atomic mass is 32.2.